The second-order valence-corrected chi connectivity index (χ2v) is 6.19. The van der Waals surface area contributed by atoms with Gasteiger partial charge in [0.05, 0.1) is 19.3 Å². The van der Waals surface area contributed by atoms with E-state index >= 15 is 0 Å². The molecule has 0 aliphatic heterocycles. The molecule has 0 aliphatic rings. The molecule has 0 aliphatic carbocycles. The third-order valence-corrected chi connectivity index (χ3v) is 3.77. The number of hydrogen-bond donors (Lipinski definition) is 2. The Bertz CT molecular complexity index is 324. The number of rotatable bonds is 8. The topological polar surface area (TPSA) is 55.5 Å². The summed E-state index contributed by atoms with van der Waals surface area (Å²) in [5.41, 5.74) is 6.80. The Hall–Kier alpha value is -0.550. The van der Waals surface area contributed by atoms with Crippen molar-refractivity contribution in [3.05, 3.63) is 35.9 Å². The minimum absolute atomic E-state index is 0.185. The Morgan fingerprint density at radius 1 is 1.33 bits per heavy atom. The number of aliphatic hydroxyl groups excluding tert-OH is 1. The highest BCUT2D eigenvalue weighted by Crippen LogP contribution is 2.11. The molecule has 102 valence electrons. The molecular weight excluding hydrogens is 246 g/mol. The predicted molar refractivity (Wildman–Crippen MR) is 77.7 cm³/mol. The number of nitrogens with two attached hydrogens (primary N) is 1. The van der Waals surface area contributed by atoms with Gasteiger partial charge < -0.3 is 15.6 Å². The average Bonchev–Trinajstić information content (AvgIpc) is 2.28. The van der Waals surface area contributed by atoms with Gasteiger partial charge in [-0.15, -0.1) is 0 Å². The molecule has 0 bridgehead atoms. The van der Waals surface area contributed by atoms with Crippen molar-refractivity contribution >= 4 is 11.8 Å². The lowest BCUT2D eigenvalue weighted by Crippen LogP contribution is -2.35. The molecule has 0 heterocycles. The fraction of sp³-hybridized carbons (Fsp3) is 0.571. The summed E-state index contributed by atoms with van der Waals surface area (Å²) in [5, 5.41) is 9.74. The Labute approximate surface area is 114 Å². The van der Waals surface area contributed by atoms with Crippen molar-refractivity contribution in [2.45, 2.75) is 32.1 Å². The highest BCUT2D eigenvalue weighted by atomic mass is 32.2. The maximum atomic E-state index is 9.74. The number of hydrogen-bond acceptors (Lipinski definition) is 4. The number of aliphatic hydroxyl groups is 1. The van der Waals surface area contributed by atoms with Gasteiger partial charge in [0.1, 0.15) is 0 Å². The molecule has 0 spiro atoms. The maximum Gasteiger partial charge on any atom is 0.0863 e. The van der Waals surface area contributed by atoms with E-state index in [1.54, 1.807) is 11.8 Å². The van der Waals surface area contributed by atoms with Crippen molar-refractivity contribution in [1.29, 1.82) is 0 Å². The third kappa shape index (κ3) is 7.71. The van der Waals surface area contributed by atoms with Gasteiger partial charge >= 0.3 is 0 Å². The number of benzene rings is 1. The van der Waals surface area contributed by atoms with Crippen molar-refractivity contribution in [2.75, 3.05) is 18.1 Å². The molecule has 4 heteroatoms. The third-order valence-electron chi connectivity index (χ3n) is 2.21. The minimum Gasteiger partial charge on any atom is -0.390 e. The lowest BCUT2D eigenvalue weighted by molar-refractivity contribution is 0.0398. The van der Waals surface area contributed by atoms with E-state index in [0.29, 0.717) is 19.0 Å². The summed E-state index contributed by atoms with van der Waals surface area (Å²) < 4.78 is 5.47. The minimum atomic E-state index is -0.430. The Kier molecular flexibility index (Phi) is 6.71. The van der Waals surface area contributed by atoms with Crippen LogP contribution in [0.4, 0.5) is 0 Å². The first-order chi connectivity index (χ1) is 8.47. The van der Waals surface area contributed by atoms with E-state index in [4.69, 9.17) is 10.5 Å². The summed E-state index contributed by atoms with van der Waals surface area (Å²) >= 11 is 1.66. The molecule has 1 aromatic carbocycles. The fourth-order valence-corrected chi connectivity index (χ4v) is 2.41. The zero-order valence-corrected chi connectivity index (χ0v) is 12.0. The van der Waals surface area contributed by atoms with Gasteiger partial charge in [-0.25, -0.2) is 0 Å². The SMILES string of the molecule is CC(C)(N)CSCC(O)COCc1ccccc1. The Balaban J connectivity index is 2.09. The van der Waals surface area contributed by atoms with Gasteiger partial charge in [-0.2, -0.15) is 11.8 Å². The molecule has 0 saturated heterocycles. The number of ether oxygens (including phenoxy) is 1. The van der Waals surface area contributed by atoms with Crippen molar-refractivity contribution in [3.8, 4) is 0 Å². The fourth-order valence-electron chi connectivity index (χ4n) is 1.39. The maximum absolute atomic E-state index is 9.74. The summed E-state index contributed by atoms with van der Waals surface area (Å²) in [5.74, 6) is 1.50. The van der Waals surface area contributed by atoms with E-state index in [0.717, 1.165) is 11.3 Å². The summed E-state index contributed by atoms with van der Waals surface area (Å²) in [6, 6.07) is 9.96. The van der Waals surface area contributed by atoms with Crippen LogP contribution >= 0.6 is 11.8 Å². The van der Waals surface area contributed by atoms with E-state index in [2.05, 4.69) is 0 Å². The van der Waals surface area contributed by atoms with Crippen molar-refractivity contribution in [2.24, 2.45) is 5.73 Å². The molecule has 0 radical (unpaired) electrons. The van der Waals surface area contributed by atoms with Crippen LogP contribution in [0.2, 0.25) is 0 Å². The summed E-state index contributed by atoms with van der Waals surface area (Å²) in [7, 11) is 0. The highest BCUT2D eigenvalue weighted by Gasteiger charge is 2.12. The van der Waals surface area contributed by atoms with Crippen molar-refractivity contribution in [3.63, 3.8) is 0 Å². The van der Waals surface area contributed by atoms with E-state index < -0.39 is 6.10 Å². The quantitative estimate of drug-likeness (QED) is 0.758. The monoisotopic (exact) mass is 269 g/mol. The average molecular weight is 269 g/mol. The van der Waals surface area contributed by atoms with Gasteiger partial charge in [0.2, 0.25) is 0 Å². The normalized spacial score (nSPS) is 13.6. The van der Waals surface area contributed by atoms with Gasteiger partial charge in [-0.3, -0.25) is 0 Å². The molecule has 0 fully saturated rings. The molecule has 1 unspecified atom stereocenters. The number of thioether (sulfide) groups is 1. The van der Waals surface area contributed by atoms with Crippen LogP contribution in [-0.4, -0.2) is 34.9 Å². The van der Waals surface area contributed by atoms with Crippen LogP contribution in [0.15, 0.2) is 30.3 Å². The van der Waals surface area contributed by atoms with Crippen molar-refractivity contribution in [1.82, 2.24) is 0 Å². The summed E-state index contributed by atoms with van der Waals surface area (Å²) in [6.07, 6.45) is -0.430. The van der Waals surface area contributed by atoms with E-state index in [9.17, 15) is 5.11 Å². The summed E-state index contributed by atoms with van der Waals surface area (Å²) in [6.45, 7) is 4.88. The molecule has 0 amide bonds. The van der Waals surface area contributed by atoms with Crippen LogP contribution < -0.4 is 5.73 Å². The van der Waals surface area contributed by atoms with E-state index in [1.165, 1.54) is 0 Å². The second-order valence-electron chi connectivity index (χ2n) is 5.16. The molecule has 1 aromatic rings. The smallest absolute Gasteiger partial charge is 0.0863 e. The second kappa shape index (κ2) is 7.79. The first-order valence-corrected chi connectivity index (χ1v) is 7.29. The summed E-state index contributed by atoms with van der Waals surface area (Å²) in [4.78, 5) is 0. The van der Waals surface area contributed by atoms with Crippen molar-refractivity contribution < 1.29 is 9.84 Å². The molecule has 0 aromatic heterocycles. The van der Waals surface area contributed by atoms with Gasteiger partial charge in [-0.1, -0.05) is 30.3 Å². The highest BCUT2D eigenvalue weighted by molar-refractivity contribution is 7.99. The molecule has 1 atom stereocenters. The first-order valence-electron chi connectivity index (χ1n) is 6.14. The van der Waals surface area contributed by atoms with Crippen LogP contribution in [0.25, 0.3) is 0 Å². The molecule has 0 saturated carbocycles. The lowest BCUT2D eigenvalue weighted by Gasteiger charge is -2.18. The van der Waals surface area contributed by atoms with Gasteiger partial charge in [0.15, 0.2) is 0 Å². The Morgan fingerprint density at radius 2 is 2.00 bits per heavy atom. The van der Waals surface area contributed by atoms with Crippen LogP contribution in [-0.2, 0) is 11.3 Å². The van der Waals surface area contributed by atoms with Gasteiger partial charge in [0.25, 0.3) is 0 Å². The standard InChI is InChI=1S/C14H23NO2S/c1-14(2,15)11-18-10-13(16)9-17-8-12-6-4-3-5-7-12/h3-7,13,16H,8-11,15H2,1-2H3. The molecule has 3 N–H and O–H groups in total. The molecular formula is C14H23NO2S. The molecule has 18 heavy (non-hydrogen) atoms. The van der Waals surface area contributed by atoms with Crippen LogP contribution in [0.5, 0.6) is 0 Å². The first kappa shape index (κ1) is 15.5. The van der Waals surface area contributed by atoms with Crippen LogP contribution in [0.3, 0.4) is 0 Å². The van der Waals surface area contributed by atoms with Gasteiger partial charge in [0, 0.05) is 17.0 Å². The Morgan fingerprint density at radius 3 is 2.61 bits per heavy atom. The zero-order valence-electron chi connectivity index (χ0n) is 11.1. The molecule has 3 nitrogen and oxygen atoms in total. The zero-order chi connectivity index (χ0) is 13.4. The van der Waals surface area contributed by atoms with Gasteiger partial charge in [-0.05, 0) is 19.4 Å². The van der Waals surface area contributed by atoms with E-state index in [1.807, 2.05) is 44.2 Å². The molecule has 1 rings (SSSR count). The predicted octanol–water partition coefficient (Wildman–Crippen LogP) is 2.03. The van der Waals surface area contributed by atoms with E-state index in [-0.39, 0.29) is 5.54 Å². The van der Waals surface area contributed by atoms with Crippen LogP contribution in [0, 0.1) is 0 Å². The lowest BCUT2D eigenvalue weighted by atomic mass is 10.1. The van der Waals surface area contributed by atoms with Crippen LogP contribution in [0.1, 0.15) is 19.4 Å². The largest absolute Gasteiger partial charge is 0.390 e.